The monoisotopic (exact) mass is 590 g/mol. The van der Waals surface area contributed by atoms with Gasteiger partial charge in [-0.3, -0.25) is 24.1 Å². The summed E-state index contributed by atoms with van der Waals surface area (Å²) >= 11 is 0. The lowest BCUT2D eigenvalue weighted by Gasteiger charge is -2.39. The van der Waals surface area contributed by atoms with Crippen molar-refractivity contribution in [3.63, 3.8) is 0 Å². The highest BCUT2D eigenvalue weighted by molar-refractivity contribution is 6.00. The number of ether oxygens (including phenoxy) is 3. The molecule has 0 saturated heterocycles. The van der Waals surface area contributed by atoms with E-state index in [0.29, 0.717) is 29.6 Å². The number of ketones is 1. The minimum Gasteiger partial charge on any atom is -0.481 e. The SMILES string of the molecule is CC(C)n1cc2c3c(cccc31)C1=C[C@@H](C(=O)OCC(=O)c3ccc4c(c3)OCO4)CN(C)[C@@H]1C2.O=C(O)CCC(=O)O. The summed E-state index contributed by atoms with van der Waals surface area (Å²) in [6.45, 7) is 4.79. The molecule has 3 aromatic rings. The second kappa shape index (κ2) is 12.3. The van der Waals surface area contributed by atoms with Gasteiger partial charge in [0.25, 0.3) is 0 Å². The molecule has 43 heavy (non-hydrogen) atoms. The molecule has 1 aliphatic carbocycles. The van der Waals surface area contributed by atoms with E-state index in [1.807, 2.05) is 0 Å². The first-order chi connectivity index (χ1) is 20.5. The van der Waals surface area contributed by atoms with Crippen molar-refractivity contribution < 1.29 is 43.6 Å². The van der Waals surface area contributed by atoms with Crippen molar-refractivity contribution in [2.45, 2.75) is 45.2 Å². The van der Waals surface area contributed by atoms with Gasteiger partial charge in [0.1, 0.15) is 0 Å². The Hall–Kier alpha value is -4.64. The zero-order valence-electron chi connectivity index (χ0n) is 24.2. The van der Waals surface area contributed by atoms with Gasteiger partial charge in [-0.25, -0.2) is 0 Å². The Balaban J connectivity index is 0.000000407. The van der Waals surface area contributed by atoms with Crippen LogP contribution < -0.4 is 9.47 Å². The maximum atomic E-state index is 13.0. The molecule has 0 unspecified atom stereocenters. The maximum Gasteiger partial charge on any atom is 0.314 e. The molecule has 2 atom stereocenters. The average Bonchev–Trinajstić information content (AvgIpc) is 3.60. The molecule has 0 fully saturated rings. The molecule has 2 N–H and O–H groups in total. The predicted molar refractivity (Wildman–Crippen MR) is 156 cm³/mol. The van der Waals surface area contributed by atoms with E-state index in [4.69, 9.17) is 24.4 Å². The van der Waals surface area contributed by atoms with Crippen LogP contribution in [0.3, 0.4) is 0 Å². The molecule has 0 bridgehead atoms. The van der Waals surface area contributed by atoms with Crippen LogP contribution in [-0.4, -0.2) is 76.4 Å². The molecule has 226 valence electrons. The van der Waals surface area contributed by atoms with E-state index in [0.717, 1.165) is 6.42 Å². The van der Waals surface area contributed by atoms with Gasteiger partial charge in [0.15, 0.2) is 23.9 Å². The summed E-state index contributed by atoms with van der Waals surface area (Å²) in [5.74, 6) is -2.09. The fourth-order valence-corrected chi connectivity index (χ4v) is 5.77. The number of aromatic nitrogens is 1. The minimum absolute atomic E-state index is 0.143. The van der Waals surface area contributed by atoms with Gasteiger partial charge >= 0.3 is 17.9 Å². The van der Waals surface area contributed by atoms with E-state index in [-0.39, 0.29) is 44.0 Å². The molecular weight excluding hydrogens is 556 g/mol. The Labute approximate surface area is 248 Å². The Morgan fingerprint density at radius 1 is 1.02 bits per heavy atom. The van der Waals surface area contributed by atoms with E-state index < -0.39 is 17.9 Å². The molecule has 3 heterocycles. The van der Waals surface area contributed by atoms with Crippen LogP contribution in [0.1, 0.15) is 54.2 Å². The van der Waals surface area contributed by atoms with Crippen molar-refractivity contribution in [3.05, 3.63) is 65.4 Å². The molecule has 11 heteroatoms. The largest absolute Gasteiger partial charge is 0.481 e. The van der Waals surface area contributed by atoms with Crippen LogP contribution >= 0.6 is 0 Å². The molecule has 0 spiro atoms. The number of carboxylic acids is 2. The number of Topliss-reactive ketones (excluding diaryl/α,β-unsaturated/α-hetero) is 1. The zero-order valence-corrected chi connectivity index (χ0v) is 24.2. The number of carbonyl (C=O) groups is 4. The quantitative estimate of drug-likeness (QED) is 0.290. The van der Waals surface area contributed by atoms with E-state index >= 15 is 0 Å². The van der Waals surface area contributed by atoms with Crippen molar-refractivity contribution >= 4 is 40.2 Å². The second-order valence-electron chi connectivity index (χ2n) is 11.1. The maximum absolute atomic E-state index is 13.0. The summed E-state index contributed by atoms with van der Waals surface area (Å²) in [5.41, 5.74) is 5.38. The number of esters is 1. The molecule has 2 aromatic carbocycles. The van der Waals surface area contributed by atoms with Gasteiger partial charge in [-0.2, -0.15) is 0 Å². The number of carboxylic acid groups (broad SMARTS) is 2. The smallest absolute Gasteiger partial charge is 0.314 e. The summed E-state index contributed by atoms with van der Waals surface area (Å²) in [6, 6.07) is 12.0. The van der Waals surface area contributed by atoms with Crippen molar-refractivity contribution in [2.75, 3.05) is 27.0 Å². The number of likely N-dealkylation sites (N-methyl/N-ethyl adjacent to an activating group) is 1. The molecule has 2 aliphatic heterocycles. The first kappa shape index (κ1) is 29.8. The van der Waals surface area contributed by atoms with Crippen LogP contribution in [0.5, 0.6) is 11.5 Å². The van der Waals surface area contributed by atoms with Crippen LogP contribution in [0, 0.1) is 5.92 Å². The molecule has 0 radical (unpaired) electrons. The Morgan fingerprint density at radius 3 is 2.44 bits per heavy atom. The van der Waals surface area contributed by atoms with Gasteiger partial charge in [-0.05, 0) is 68.3 Å². The Morgan fingerprint density at radius 2 is 1.74 bits per heavy atom. The second-order valence-corrected chi connectivity index (χ2v) is 11.1. The third-order valence-electron chi connectivity index (χ3n) is 7.87. The van der Waals surface area contributed by atoms with Gasteiger partial charge in [0.2, 0.25) is 6.79 Å². The summed E-state index contributed by atoms with van der Waals surface area (Å²) in [6.07, 6.45) is 4.67. The third kappa shape index (κ3) is 6.26. The molecular formula is C32H34N2O9. The summed E-state index contributed by atoms with van der Waals surface area (Å²) in [7, 11) is 2.06. The standard InChI is InChI=1S/C28H28N2O5.C4H6O4/c1-16(2)30-13-18-10-23-21(20-5-4-6-22(30)27(18)20)9-19(12-29(23)3)28(32)33-14-24(31)17-7-8-25-26(11-17)35-15-34-25;5-3(6)1-2-4(7)8/h4-9,11,13,16,19,23H,10,12,14-15H2,1-3H3;1-2H2,(H,5,6)(H,7,8)/t19-,23-;/m1./s1. The van der Waals surface area contributed by atoms with E-state index in [2.05, 4.69) is 60.8 Å². The Kier molecular flexibility index (Phi) is 8.54. The van der Waals surface area contributed by atoms with Crippen molar-refractivity contribution in [1.29, 1.82) is 0 Å². The summed E-state index contributed by atoms with van der Waals surface area (Å²) < 4.78 is 18.4. The number of fused-ring (bicyclic) bond motifs is 3. The molecule has 0 amide bonds. The lowest BCUT2D eigenvalue weighted by molar-refractivity contribution is -0.146. The van der Waals surface area contributed by atoms with Crippen molar-refractivity contribution in [1.82, 2.24) is 9.47 Å². The number of carbonyl (C=O) groups excluding carboxylic acids is 2. The highest BCUT2D eigenvalue weighted by Gasteiger charge is 2.37. The highest BCUT2D eigenvalue weighted by Crippen LogP contribution is 2.42. The number of benzene rings is 2. The fraction of sp³-hybridized carbons (Fsp3) is 0.375. The van der Waals surface area contributed by atoms with Gasteiger partial charge in [-0.15, -0.1) is 0 Å². The summed E-state index contributed by atoms with van der Waals surface area (Å²) in [4.78, 5) is 47.2. The van der Waals surface area contributed by atoms with E-state index in [1.54, 1.807) is 18.2 Å². The molecule has 1 aromatic heterocycles. The fourth-order valence-electron chi connectivity index (χ4n) is 5.77. The summed E-state index contributed by atoms with van der Waals surface area (Å²) in [5, 5.41) is 17.1. The topological polar surface area (TPSA) is 145 Å². The van der Waals surface area contributed by atoms with Gasteiger partial charge < -0.3 is 29.0 Å². The minimum atomic E-state index is -1.08. The number of nitrogens with zero attached hydrogens (tertiary/aromatic N) is 2. The average molecular weight is 591 g/mol. The predicted octanol–water partition coefficient (Wildman–Crippen LogP) is 4.18. The first-order valence-corrected chi connectivity index (χ1v) is 14.1. The number of hydrogen-bond donors (Lipinski definition) is 2. The van der Waals surface area contributed by atoms with Crippen molar-refractivity contribution in [3.8, 4) is 11.5 Å². The van der Waals surface area contributed by atoms with Crippen molar-refractivity contribution in [2.24, 2.45) is 5.92 Å². The molecule has 6 rings (SSSR count). The van der Waals surface area contributed by atoms with E-state index in [1.165, 1.54) is 27.6 Å². The highest BCUT2D eigenvalue weighted by atomic mass is 16.7. The number of hydrogen-bond acceptors (Lipinski definition) is 8. The number of rotatable bonds is 8. The van der Waals surface area contributed by atoms with Crippen LogP contribution in [0.2, 0.25) is 0 Å². The normalized spacial score (nSPS) is 18.4. The van der Waals surface area contributed by atoms with Crippen LogP contribution in [-0.2, 0) is 25.5 Å². The van der Waals surface area contributed by atoms with Crippen LogP contribution in [0.25, 0.3) is 16.5 Å². The lowest BCUT2D eigenvalue weighted by Crippen LogP contribution is -2.44. The molecule has 11 nitrogen and oxygen atoms in total. The number of aliphatic carboxylic acids is 2. The van der Waals surface area contributed by atoms with Gasteiger partial charge in [0, 0.05) is 41.3 Å². The van der Waals surface area contributed by atoms with Gasteiger partial charge in [-0.1, -0.05) is 18.2 Å². The van der Waals surface area contributed by atoms with Gasteiger partial charge in [0.05, 0.1) is 18.8 Å². The molecule has 0 saturated carbocycles. The Bertz CT molecular complexity index is 1610. The lowest BCUT2D eigenvalue weighted by atomic mass is 9.80. The van der Waals surface area contributed by atoms with Crippen LogP contribution in [0.15, 0.2) is 48.7 Å². The zero-order chi connectivity index (χ0) is 30.8. The first-order valence-electron chi connectivity index (χ1n) is 14.1. The van der Waals surface area contributed by atoms with Crippen LogP contribution in [0.4, 0.5) is 0 Å². The van der Waals surface area contributed by atoms with E-state index in [9.17, 15) is 19.2 Å². The third-order valence-corrected chi connectivity index (χ3v) is 7.87. The molecule has 3 aliphatic rings.